The Labute approximate surface area is 222 Å². The number of amides is 4. The van der Waals surface area contributed by atoms with Gasteiger partial charge in [-0.2, -0.15) is 5.10 Å². The summed E-state index contributed by atoms with van der Waals surface area (Å²) in [6.45, 7) is 3.54. The van der Waals surface area contributed by atoms with Gasteiger partial charge in [-0.05, 0) is 48.9 Å². The zero-order valence-corrected chi connectivity index (χ0v) is 21.7. The molecule has 1 aliphatic rings. The molecule has 0 spiro atoms. The molecule has 1 aliphatic heterocycles. The standard InChI is InChI=1S/C29H34N6O3/c1-3-11-31-28(37)23(15-22-14-20(2)27-24(16-22)18-32-33-27)17-26(36)34-12-9-25(10-13-34)35(29(30)38)19-21-7-5-4-6-8-21/h1,4-8,14,16,18,23,25H,9-13,15,17,19H2,2H3,(H2,30,38)(H,31,37)(H,32,33). The molecule has 2 aromatic carbocycles. The predicted molar refractivity (Wildman–Crippen MR) is 146 cm³/mol. The monoisotopic (exact) mass is 514 g/mol. The van der Waals surface area contributed by atoms with Crippen molar-refractivity contribution in [3.05, 3.63) is 65.4 Å². The summed E-state index contributed by atoms with van der Waals surface area (Å²) in [6, 6.07) is 13.2. The Balaban J connectivity index is 1.40. The number of hydrogen-bond acceptors (Lipinski definition) is 4. The highest BCUT2D eigenvalue weighted by Gasteiger charge is 2.31. The number of primary amides is 1. The molecule has 9 nitrogen and oxygen atoms in total. The van der Waals surface area contributed by atoms with E-state index in [0.29, 0.717) is 38.9 Å². The van der Waals surface area contributed by atoms with Gasteiger partial charge in [-0.15, -0.1) is 6.42 Å². The number of fused-ring (bicyclic) bond motifs is 1. The number of rotatable bonds is 9. The van der Waals surface area contributed by atoms with Crippen molar-refractivity contribution in [2.24, 2.45) is 11.7 Å². The van der Waals surface area contributed by atoms with Crippen LogP contribution in [-0.4, -0.2) is 63.5 Å². The first-order chi connectivity index (χ1) is 18.4. The zero-order valence-electron chi connectivity index (χ0n) is 21.7. The van der Waals surface area contributed by atoms with Crippen molar-refractivity contribution in [1.29, 1.82) is 0 Å². The third-order valence-electron chi connectivity index (χ3n) is 7.18. The van der Waals surface area contributed by atoms with Crippen molar-refractivity contribution < 1.29 is 14.4 Å². The van der Waals surface area contributed by atoms with E-state index in [4.69, 9.17) is 12.2 Å². The fraction of sp³-hybridized carbons (Fsp3) is 0.379. The summed E-state index contributed by atoms with van der Waals surface area (Å²) >= 11 is 0. The molecular weight excluding hydrogens is 480 g/mol. The van der Waals surface area contributed by atoms with Crippen molar-refractivity contribution >= 4 is 28.7 Å². The molecule has 4 amide bonds. The van der Waals surface area contributed by atoms with E-state index in [1.165, 1.54) is 0 Å². The highest BCUT2D eigenvalue weighted by Crippen LogP contribution is 2.24. The molecule has 0 saturated carbocycles. The number of likely N-dealkylation sites (tertiary alicyclic amines) is 1. The SMILES string of the molecule is C#CCNC(=O)C(CC(=O)N1CCC(N(Cc2ccccc2)C(N)=O)CC1)Cc1cc(C)c2[nH]ncc2c1. The molecule has 0 radical (unpaired) electrons. The summed E-state index contributed by atoms with van der Waals surface area (Å²) < 4.78 is 0. The van der Waals surface area contributed by atoms with Crippen molar-refractivity contribution in [2.45, 2.75) is 45.2 Å². The second-order valence-corrected chi connectivity index (χ2v) is 9.84. The van der Waals surface area contributed by atoms with E-state index in [1.54, 1.807) is 16.0 Å². The summed E-state index contributed by atoms with van der Waals surface area (Å²) in [6.07, 6.45) is 8.84. The van der Waals surface area contributed by atoms with Crippen LogP contribution >= 0.6 is 0 Å². The Kier molecular flexibility index (Phi) is 8.64. The van der Waals surface area contributed by atoms with Gasteiger partial charge < -0.3 is 20.9 Å². The van der Waals surface area contributed by atoms with Crippen molar-refractivity contribution in [3.8, 4) is 12.3 Å². The van der Waals surface area contributed by atoms with Crippen LogP contribution < -0.4 is 11.1 Å². The quantitative estimate of drug-likeness (QED) is 0.380. The Morgan fingerprint density at radius 1 is 1.21 bits per heavy atom. The van der Waals surface area contributed by atoms with E-state index < -0.39 is 11.9 Å². The van der Waals surface area contributed by atoms with Gasteiger partial charge >= 0.3 is 6.03 Å². The summed E-state index contributed by atoms with van der Waals surface area (Å²) in [7, 11) is 0. The maximum atomic E-state index is 13.3. The van der Waals surface area contributed by atoms with Gasteiger partial charge in [0.05, 0.1) is 24.2 Å². The van der Waals surface area contributed by atoms with Crippen LogP contribution in [0, 0.1) is 25.2 Å². The fourth-order valence-electron chi connectivity index (χ4n) is 5.19. The number of carbonyl (C=O) groups excluding carboxylic acids is 3. The van der Waals surface area contributed by atoms with E-state index in [9.17, 15) is 14.4 Å². The average molecular weight is 515 g/mol. The molecule has 3 aromatic rings. The maximum Gasteiger partial charge on any atom is 0.315 e. The molecule has 1 atom stereocenters. The minimum atomic E-state index is -0.558. The van der Waals surface area contributed by atoms with Gasteiger partial charge in [0.25, 0.3) is 0 Å². The molecule has 1 unspecified atom stereocenters. The Morgan fingerprint density at radius 3 is 2.63 bits per heavy atom. The molecule has 2 heterocycles. The number of urea groups is 1. The third-order valence-corrected chi connectivity index (χ3v) is 7.18. The number of carbonyl (C=O) groups is 3. The molecule has 4 rings (SSSR count). The summed E-state index contributed by atoms with van der Waals surface area (Å²) in [5.74, 6) is 1.54. The van der Waals surface area contributed by atoms with Crippen molar-refractivity contribution in [3.63, 3.8) is 0 Å². The number of nitrogens with two attached hydrogens (primary N) is 1. The molecule has 0 bridgehead atoms. The summed E-state index contributed by atoms with van der Waals surface area (Å²) in [5, 5.41) is 10.8. The number of nitrogens with zero attached hydrogens (tertiary/aromatic N) is 3. The number of benzene rings is 2. The smallest absolute Gasteiger partial charge is 0.315 e. The summed E-state index contributed by atoms with van der Waals surface area (Å²) in [5.41, 5.74) is 9.66. The average Bonchev–Trinajstić information content (AvgIpc) is 3.40. The number of nitrogens with one attached hydrogen (secondary N) is 2. The van der Waals surface area contributed by atoms with Crippen LogP contribution in [0.4, 0.5) is 4.79 Å². The fourth-order valence-corrected chi connectivity index (χ4v) is 5.19. The van der Waals surface area contributed by atoms with Crippen LogP contribution in [0.25, 0.3) is 10.9 Å². The number of piperidine rings is 1. The highest BCUT2D eigenvalue weighted by molar-refractivity contribution is 5.87. The lowest BCUT2D eigenvalue weighted by Crippen LogP contribution is -2.50. The van der Waals surface area contributed by atoms with Crippen LogP contribution in [0.5, 0.6) is 0 Å². The minimum Gasteiger partial charge on any atom is -0.351 e. The topological polar surface area (TPSA) is 124 Å². The third kappa shape index (κ3) is 6.51. The molecule has 1 fully saturated rings. The van der Waals surface area contributed by atoms with Gasteiger partial charge in [-0.3, -0.25) is 14.7 Å². The zero-order chi connectivity index (χ0) is 27.1. The Morgan fingerprint density at radius 2 is 1.95 bits per heavy atom. The largest absolute Gasteiger partial charge is 0.351 e. The van der Waals surface area contributed by atoms with E-state index in [1.807, 2.05) is 49.4 Å². The molecule has 38 heavy (non-hydrogen) atoms. The number of aromatic nitrogens is 2. The van der Waals surface area contributed by atoms with Crippen molar-refractivity contribution in [2.75, 3.05) is 19.6 Å². The van der Waals surface area contributed by atoms with E-state index >= 15 is 0 Å². The highest BCUT2D eigenvalue weighted by atomic mass is 16.2. The first-order valence-electron chi connectivity index (χ1n) is 12.9. The van der Waals surface area contributed by atoms with Crippen LogP contribution in [-0.2, 0) is 22.6 Å². The van der Waals surface area contributed by atoms with Crippen LogP contribution in [0.1, 0.15) is 36.0 Å². The second-order valence-electron chi connectivity index (χ2n) is 9.84. The van der Waals surface area contributed by atoms with Gasteiger partial charge in [0.15, 0.2) is 0 Å². The first-order valence-corrected chi connectivity index (χ1v) is 12.9. The van der Waals surface area contributed by atoms with Crippen LogP contribution in [0.15, 0.2) is 48.7 Å². The van der Waals surface area contributed by atoms with Gasteiger partial charge in [-0.1, -0.05) is 42.3 Å². The van der Waals surface area contributed by atoms with Crippen molar-refractivity contribution in [1.82, 2.24) is 25.3 Å². The molecule has 0 aliphatic carbocycles. The molecule has 1 aromatic heterocycles. The normalized spacial score (nSPS) is 14.6. The predicted octanol–water partition coefficient (Wildman–Crippen LogP) is 2.74. The van der Waals surface area contributed by atoms with Gasteiger partial charge in [-0.25, -0.2) is 4.79 Å². The van der Waals surface area contributed by atoms with Gasteiger partial charge in [0.2, 0.25) is 11.8 Å². The first kappa shape index (κ1) is 26.7. The molecule has 4 N–H and O–H groups in total. The van der Waals surface area contributed by atoms with E-state index in [0.717, 1.165) is 27.6 Å². The van der Waals surface area contributed by atoms with Crippen LogP contribution in [0.3, 0.4) is 0 Å². The van der Waals surface area contributed by atoms with Crippen LogP contribution in [0.2, 0.25) is 0 Å². The molecular formula is C29H34N6O3. The van der Waals surface area contributed by atoms with Gasteiger partial charge in [0, 0.05) is 37.5 Å². The maximum absolute atomic E-state index is 13.3. The number of hydrogen-bond donors (Lipinski definition) is 3. The lowest BCUT2D eigenvalue weighted by Gasteiger charge is -2.38. The molecule has 9 heteroatoms. The van der Waals surface area contributed by atoms with E-state index in [-0.39, 0.29) is 30.8 Å². The minimum absolute atomic E-state index is 0.0452. The molecule has 198 valence electrons. The number of H-pyrrole nitrogens is 1. The van der Waals surface area contributed by atoms with E-state index in [2.05, 4.69) is 21.4 Å². The lowest BCUT2D eigenvalue weighted by molar-refractivity contribution is -0.137. The number of terminal acetylenes is 1. The molecule has 1 saturated heterocycles. The number of aryl methyl sites for hydroxylation is 1. The number of aromatic amines is 1. The van der Waals surface area contributed by atoms with Gasteiger partial charge in [0.1, 0.15) is 0 Å². The lowest BCUT2D eigenvalue weighted by atomic mass is 9.92. The second kappa shape index (κ2) is 12.3. The Hall–Kier alpha value is -4.32. The Bertz CT molecular complexity index is 1320. The summed E-state index contributed by atoms with van der Waals surface area (Å²) in [4.78, 5) is 41.9.